The van der Waals surface area contributed by atoms with Crippen LogP contribution >= 0.6 is 0 Å². The molecule has 1 aliphatic rings. The molecule has 2 aromatic carbocycles. The fraction of sp³-hybridized carbons (Fsp3) is 0.381. The van der Waals surface area contributed by atoms with Crippen molar-refractivity contribution in [3.8, 4) is 5.75 Å². The van der Waals surface area contributed by atoms with Crippen LogP contribution in [0.3, 0.4) is 0 Å². The number of hydrogen-bond acceptors (Lipinski definition) is 5. The molecule has 0 bridgehead atoms. The van der Waals surface area contributed by atoms with Crippen LogP contribution in [0, 0.1) is 0 Å². The lowest BCUT2D eigenvalue weighted by Gasteiger charge is -2.26. The van der Waals surface area contributed by atoms with Gasteiger partial charge in [0.1, 0.15) is 5.75 Å². The fourth-order valence-corrected chi connectivity index (χ4v) is 4.62. The summed E-state index contributed by atoms with van der Waals surface area (Å²) in [6.45, 7) is 3.45. The van der Waals surface area contributed by atoms with E-state index in [0.29, 0.717) is 31.9 Å². The second-order valence-corrected chi connectivity index (χ2v) is 8.69. The number of nitrogens with one attached hydrogen (secondary N) is 1. The van der Waals surface area contributed by atoms with Crippen molar-refractivity contribution in [1.82, 2.24) is 9.62 Å². The molecule has 156 valence electrons. The van der Waals surface area contributed by atoms with Gasteiger partial charge >= 0.3 is 0 Å². The second-order valence-electron chi connectivity index (χ2n) is 6.75. The molecule has 1 N–H and O–H groups in total. The molecule has 1 atom stereocenters. The van der Waals surface area contributed by atoms with Crippen LogP contribution in [0.5, 0.6) is 5.75 Å². The number of morpholine rings is 1. The minimum atomic E-state index is -3.57. The van der Waals surface area contributed by atoms with E-state index >= 15 is 0 Å². The third-order valence-corrected chi connectivity index (χ3v) is 6.87. The van der Waals surface area contributed by atoms with Crippen molar-refractivity contribution in [3.63, 3.8) is 0 Å². The largest absolute Gasteiger partial charge is 0.497 e. The molecule has 1 fully saturated rings. The summed E-state index contributed by atoms with van der Waals surface area (Å²) in [6.07, 6.45) is 0.724. The first kappa shape index (κ1) is 21.3. The SMILES string of the molecule is CC[C@H](NC(=O)c1ccc(S(=O)(=O)N2CCOCC2)cc1)c1ccc(OC)cc1. The summed E-state index contributed by atoms with van der Waals surface area (Å²) in [7, 11) is -1.96. The normalized spacial score (nSPS) is 16.2. The van der Waals surface area contributed by atoms with Gasteiger partial charge in [0.2, 0.25) is 10.0 Å². The standard InChI is InChI=1S/C21H26N2O5S/c1-3-20(16-4-8-18(27-2)9-5-16)22-21(24)17-6-10-19(11-7-17)29(25,26)23-12-14-28-15-13-23/h4-11,20H,3,12-15H2,1-2H3,(H,22,24)/t20-/m0/s1. The van der Waals surface area contributed by atoms with Crippen LogP contribution in [0.25, 0.3) is 0 Å². The van der Waals surface area contributed by atoms with Crippen LogP contribution < -0.4 is 10.1 Å². The minimum Gasteiger partial charge on any atom is -0.497 e. The Hall–Kier alpha value is -2.42. The van der Waals surface area contributed by atoms with E-state index in [2.05, 4.69) is 5.32 Å². The number of nitrogens with zero attached hydrogens (tertiary/aromatic N) is 1. The first-order valence-corrected chi connectivity index (χ1v) is 11.0. The molecule has 0 aromatic heterocycles. The lowest BCUT2D eigenvalue weighted by molar-refractivity contribution is 0.0730. The smallest absolute Gasteiger partial charge is 0.251 e. The minimum absolute atomic E-state index is 0.148. The van der Waals surface area contributed by atoms with E-state index in [1.54, 1.807) is 19.2 Å². The zero-order valence-corrected chi connectivity index (χ0v) is 17.4. The summed E-state index contributed by atoms with van der Waals surface area (Å²) >= 11 is 0. The van der Waals surface area contributed by atoms with Gasteiger partial charge in [0.05, 0.1) is 31.3 Å². The number of methoxy groups -OCH3 is 1. The molecule has 0 radical (unpaired) electrons. The molecule has 3 rings (SSSR count). The molecule has 29 heavy (non-hydrogen) atoms. The maximum atomic E-state index is 12.7. The third-order valence-electron chi connectivity index (χ3n) is 4.96. The third kappa shape index (κ3) is 4.95. The van der Waals surface area contributed by atoms with E-state index < -0.39 is 10.0 Å². The summed E-state index contributed by atoms with van der Waals surface area (Å²) in [5.74, 6) is 0.509. The van der Waals surface area contributed by atoms with Gasteiger partial charge in [-0.15, -0.1) is 0 Å². The predicted octanol–water partition coefficient (Wildman–Crippen LogP) is 2.60. The Morgan fingerprint density at radius 3 is 2.28 bits per heavy atom. The van der Waals surface area contributed by atoms with Gasteiger partial charge in [-0.1, -0.05) is 19.1 Å². The topological polar surface area (TPSA) is 84.9 Å². The molecule has 2 aromatic rings. The summed E-state index contributed by atoms with van der Waals surface area (Å²) in [6, 6.07) is 13.5. The molecular weight excluding hydrogens is 392 g/mol. The zero-order valence-electron chi connectivity index (χ0n) is 16.6. The van der Waals surface area contributed by atoms with Gasteiger partial charge in [0.25, 0.3) is 5.91 Å². The summed E-state index contributed by atoms with van der Waals surface area (Å²) < 4.78 is 37.2. The van der Waals surface area contributed by atoms with E-state index in [1.165, 1.54) is 16.4 Å². The Balaban J connectivity index is 1.70. The van der Waals surface area contributed by atoms with E-state index in [9.17, 15) is 13.2 Å². The highest BCUT2D eigenvalue weighted by Gasteiger charge is 2.26. The van der Waals surface area contributed by atoms with E-state index in [0.717, 1.165) is 17.7 Å². The van der Waals surface area contributed by atoms with Crippen molar-refractivity contribution >= 4 is 15.9 Å². The number of amides is 1. The average Bonchev–Trinajstić information content (AvgIpc) is 2.78. The van der Waals surface area contributed by atoms with Gasteiger partial charge in [0, 0.05) is 18.7 Å². The second kappa shape index (κ2) is 9.39. The van der Waals surface area contributed by atoms with Gasteiger partial charge < -0.3 is 14.8 Å². The molecule has 0 saturated carbocycles. The van der Waals surface area contributed by atoms with Crippen molar-refractivity contribution < 1.29 is 22.7 Å². The van der Waals surface area contributed by atoms with Gasteiger partial charge in [-0.25, -0.2) is 8.42 Å². The van der Waals surface area contributed by atoms with E-state index in [1.807, 2.05) is 31.2 Å². The summed E-state index contributed by atoms with van der Waals surface area (Å²) in [5.41, 5.74) is 1.39. The maximum Gasteiger partial charge on any atom is 0.251 e. The van der Waals surface area contributed by atoms with Crippen LogP contribution in [-0.2, 0) is 14.8 Å². The molecule has 0 spiro atoms. The highest BCUT2D eigenvalue weighted by atomic mass is 32.2. The van der Waals surface area contributed by atoms with Crippen LogP contribution in [0.2, 0.25) is 0 Å². The Morgan fingerprint density at radius 2 is 1.72 bits per heavy atom. The Labute approximate surface area is 171 Å². The molecule has 1 heterocycles. The van der Waals surface area contributed by atoms with Crippen molar-refractivity contribution in [2.24, 2.45) is 0 Å². The van der Waals surface area contributed by atoms with Gasteiger partial charge in [-0.05, 0) is 48.4 Å². The monoisotopic (exact) mass is 418 g/mol. The zero-order chi connectivity index (χ0) is 20.9. The molecule has 0 unspecified atom stereocenters. The molecule has 7 nitrogen and oxygen atoms in total. The molecule has 1 aliphatic heterocycles. The fourth-order valence-electron chi connectivity index (χ4n) is 3.21. The number of hydrogen-bond donors (Lipinski definition) is 1. The van der Waals surface area contributed by atoms with E-state index in [4.69, 9.17) is 9.47 Å². The van der Waals surface area contributed by atoms with Crippen LogP contribution in [0.4, 0.5) is 0 Å². The molecule has 8 heteroatoms. The lowest BCUT2D eigenvalue weighted by atomic mass is 10.0. The lowest BCUT2D eigenvalue weighted by Crippen LogP contribution is -2.40. The van der Waals surface area contributed by atoms with Gasteiger partial charge in [0.15, 0.2) is 0 Å². The van der Waals surface area contributed by atoms with E-state index in [-0.39, 0.29) is 16.8 Å². The van der Waals surface area contributed by atoms with Crippen LogP contribution in [0.15, 0.2) is 53.4 Å². The Bertz CT molecular complexity index is 921. The Morgan fingerprint density at radius 1 is 1.10 bits per heavy atom. The summed E-state index contributed by atoms with van der Waals surface area (Å²) in [4.78, 5) is 12.8. The first-order valence-electron chi connectivity index (χ1n) is 9.58. The van der Waals surface area contributed by atoms with Crippen molar-refractivity contribution in [3.05, 3.63) is 59.7 Å². The first-order chi connectivity index (χ1) is 14.0. The predicted molar refractivity (Wildman–Crippen MR) is 110 cm³/mol. The summed E-state index contributed by atoms with van der Waals surface area (Å²) in [5, 5.41) is 3.00. The Kier molecular flexibility index (Phi) is 6.89. The molecular formula is C21H26N2O5S. The number of carbonyl (C=O) groups is 1. The van der Waals surface area contributed by atoms with Crippen molar-refractivity contribution in [2.45, 2.75) is 24.3 Å². The van der Waals surface area contributed by atoms with Crippen LogP contribution in [0.1, 0.15) is 35.3 Å². The maximum absolute atomic E-state index is 12.7. The van der Waals surface area contributed by atoms with Crippen molar-refractivity contribution in [2.75, 3.05) is 33.4 Å². The molecule has 1 saturated heterocycles. The molecule has 1 amide bonds. The molecule has 0 aliphatic carbocycles. The number of ether oxygens (including phenoxy) is 2. The highest BCUT2D eigenvalue weighted by Crippen LogP contribution is 2.22. The number of rotatable bonds is 7. The highest BCUT2D eigenvalue weighted by molar-refractivity contribution is 7.89. The van der Waals surface area contributed by atoms with Crippen LogP contribution in [-0.4, -0.2) is 52.0 Å². The number of benzene rings is 2. The van der Waals surface area contributed by atoms with Gasteiger partial charge in [-0.2, -0.15) is 4.31 Å². The van der Waals surface area contributed by atoms with Crippen molar-refractivity contribution in [1.29, 1.82) is 0 Å². The number of sulfonamides is 1. The average molecular weight is 419 g/mol. The quantitative estimate of drug-likeness (QED) is 0.747. The van der Waals surface area contributed by atoms with Gasteiger partial charge in [-0.3, -0.25) is 4.79 Å². The number of carbonyl (C=O) groups excluding carboxylic acids is 1.